The summed E-state index contributed by atoms with van der Waals surface area (Å²) in [6.07, 6.45) is 13.5. The van der Waals surface area contributed by atoms with Crippen molar-refractivity contribution in [2.45, 2.75) is 106 Å². The number of alkyl halides is 3. The molecule has 0 amide bonds. The highest BCUT2D eigenvalue weighted by molar-refractivity contribution is 9.26. The second-order valence-corrected chi connectivity index (χ2v) is 19.2. The van der Waals surface area contributed by atoms with Crippen LogP contribution in [-0.2, 0) is 4.74 Å². The highest BCUT2D eigenvalue weighted by Gasteiger charge is 2.78. The molecule has 0 aliphatic heterocycles. The summed E-state index contributed by atoms with van der Waals surface area (Å²) in [4.78, 5) is 0. The Hall–Kier alpha value is 1.40. The minimum absolute atomic E-state index is 0.0627. The van der Waals surface area contributed by atoms with Crippen molar-refractivity contribution in [1.82, 2.24) is 0 Å². The van der Waals surface area contributed by atoms with Crippen molar-refractivity contribution in [3.05, 3.63) is 0 Å². The summed E-state index contributed by atoms with van der Waals surface area (Å²) in [5.41, 5.74) is 1.64. The third kappa shape index (κ3) is 2.85. The smallest absolute Gasteiger partial charge is 0.101 e. The minimum atomic E-state index is 0.0627. The van der Waals surface area contributed by atoms with Crippen molar-refractivity contribution < 1.29 is 4.74 Å². The Morgan fingerprint density at radius 3 is 2.27 bits per heavy atom. The molecule has 1 nitrogen and oxygen atoms in total. The zero-order valence-corrected chi connectivity index (χ0v) is 26.4. The maximum atomic E-state index is 6.33. The molecule has 0 heterocycles. The van der Waals surface area contributed by atoms with Crippen molar-refractivity contribution >= 4 is 47.8 Å². The van der Waals surface area contributed by atoms with Crippen LogP contribution in [0.15, 0.2) is 0 Å². The predicted molar refractivity (Wildman–Crippen MR) is 148 cm³/mol. The lowest BCUT2D eigenvalue weighted by atomic mass is 9.45. The molecular weight excluding hydrogens is 604 g/mol. The zero-order chi connectivity index (χ0) is 23.8. The average molecular weight is 649 g/mol. The molecule has 6 rings (SSSR count). The number of rotatable bonds is 5. The normalized spacial score (nSPS) is 58.9. The van der Waals surface area contributed by atoms with E-state index < -0.39 is 0 Å². The van der Waals surface area contributed by atoms with Crippen LogP contribution >= 0.6 is 47.8 Å². The molecule has 0 saturated heterocycles. The molecular formula is C29H45Br3O. The fraction of sp³-hybridized carbons (Fsp3) is 1.00. The van der Waals surface area contributed by atoms with E-state index in [2.05, 4.69) is 82.4 Å². The van der Waals surface area contributed by atoms with E-state index in [4.69, 9.17) is 4.74 Å². The topological polar surface area (TPSA) is 9.23 Å². The molecule has 0 aromatic heterocycles. The van der Waals surface area contributed by atoms with E-state index in [9.17, 15) is 0 Å². The first-order valence-electron chi connectivity index (χ1n) is 14.0. The second-order valence-electron chi connectivity index (χ2n) is 14.3. The lowest BCUT2D eigenvalue weighted by molar-refractivity contribution is -0.161. The quantitative estimate of drug-likeness (QED) is 0.270. The molecule has 0 N–H and O–H groups in total. The molecule has 0 aromatic rings. The zero-order valence-electron chi connectivity index (χ0n) is 21.6. The average Bonchev–Trinajstić information content (AvgIpc) is 3.44. The Bertz CT molecular complexity index is 828. The SMILES string of the molecule is CO[C@@H]1C[C@H]2[C@@H]3CC[C@H]([C@H](C)C[C@H]4C(Br)(Br)[C@]4(Br)C(C)C)[C@@]3(C)CC[C@@H]2[C@@]2(C)CCC3CC312. The molecule has 0 bridgehead atoms. The van der Waals surface area contributed by atoms with Crippen molar-refractivity contribution in [1.29, 1.82) is 0 Å². The molecule has 4 heteroatoms. The molecule has 1 spiro atoms. The van der Waals surface area contributed by atoms with Gasteiger partial charge in [-0.1, -0.05) is 82.4 Å². The van der Waals surface area contributed by atoms with Gasteiger partial charge < -0.3 is 4.74 Å². The van der Waals surface area contributed by atoms with Crippen LogP contribution in [0.4, 0.5) is 0 Å². The number of hydrogen-bond acceptors (Lipinski definition) is 1. The molecule has 0 aromatic carbocycles. The van der Waals surface area contributed by atoms with Gasteiger partial charge in [0.15, 0.2) is 0 Å². The number of halogens is 3. The first-order valence-corrected chi connectivity index (χ1v) is 16.4. The lowest BCUT2D eigenvalue weighted by Gasteiger charge is -2.61. The van der Waals surface area contributed by atoms with Crippen LogP contribution in [0.25, 0.3) is 0 Å². The van der Waals surface area contributed by atoms with Crippen molar-refractivity contribution in [2.75, 3.05) is 7.11 Å². The summed E-state index contributed by atoms with van der Waals surface area (Å²) >= 11 is 12.3. The third-order valence-electron chi connectivity index (χ3n) is 13.4. The molecule has 188 valence electrons. The van der Waals surface area contributed by atoms with E-state index in [1.807, 2.05) is 7.11 Å². The Balaban J connectivity index is 1.23. The van der Waals surface area contributed by atoms with Gasteiger partial charge in [-0.2, -0.15) is 0 Å². The summed E-state index contributed by atoms with van der Waals surface area (Å²) in [7, 11) is 2.03. The standard InChI is InChI=1S/C29H45Br3O/c1-16(2)28(30)23(29(28,31)32)13-17(3)20-7-8-21-19-14-24(33-6)27-15-18(27)9-12-26(27,5)22(19)10-11-25(20,21)4/h16-24H,7-15H2,1-6H3/t17-,18?,19+,20-,21+,22+,23-,24-,25-,26-,27?,28+/m1/s1. The fourth-order valence-electron chi connectivity index (χ4n) is 11.7. The maximum absolute atomic E-state index is 6.33. The molecule has 33 heavy (non-hydrogen) atoms. The van der Waals surface area contributed by atoms with Gasteiger partial charge in [0.1, 0.15) is 3.23 Å². The minimum Gasteiger partial charge on any atom is -0.381 e. The molecule has 6 fully saturated rings. The molecule has 2 unspecified atom stereocenters. The lowest BCUT2D eigenvalue weighted by Crippen LogP contribution is -2.57. The molecule has 6 aliphatic rings. The Morgan fingerprint density at radius 2 is 1.67 bits per heavy atom. The number of hydrogen-bond donors (Lipinski definition) is 0. The van der Waals surface area contributed by atoms with Gasteiger partial charge in [0.05, 0.1) is 10.4 Å². The Kier molecular flexibility index (Phi) is 5.61. The van der Waals surface area contributed by atoms with Gasteiger partial charge in [0.25, 0.3) is 0 Å². The van der Waals surface area contributed by atoms with Crippen LogP contribution in [-0.4, -0.2) is 20.8 Å². The number of methoxy groups -OCH3 is 1. The number of ether oxygens (including phenoxy) is 1. The first kappa shape index (κ1) is 24.7. The first-order chi connectivity index (χ1) is 15.4. The van der Waals surface area contributed by atoms with Crippen LogP contribution in [0.3, 0.4) is 0 Å². The molecule has 6 aliphatic carbocycles. The summed E-state index contributed by atoms with van der Waals surface area (Å²) in [5, 5.41) is 0. The summed E-state index contributed by atoms with van der Waals surface area (Å²) in [6, 6.07) is 0. The highest BCUT2D eigenvalue weighted by atomic mass is 79.9. The Labute approximate surface area is 228 Å². The van der Waals surface area contributed by atoms with E-state index in [1.54, 1.807) is 0 Å². The van der Waals surface area contributed by atoms with Crippen molar-refractivity contribution in [2.24, 2.45) is 63.6 Å². The van der Waals surface area contributed by atoms with Gasteiger partial charge in [0, 0.05) is 18.4 Å². The van der Waals surface area contributed by atoms with E-state index in [0.29, 0.717) is 34.2 Å². The van der Waals surface area contributed by atoms with Crippen LogP contribution in [0.5, 0.6) is 0 Å². The van der Waals surface area contributed by atoms with Crippen LogP contribution in [0, 0.1) is 63.6 Å². The van der Waals surface area contributed by atoms with Gasteiger partial charge in [0.2, 0.25) is 0 Å². The van der Waals surface area contributed by atoms with Gasteiger partial charge in [-0.3, -0.25) is 0 Å². The van der Waals surface area contributed by atoms with Crippen LogP contribution in [0.1, 0.15) is 92.4 Å². The molecule has 12 atom stereocenters. The van der Waals surface area contributed by atoms with Gasteiger partial charge >= 0.3 is 0 Å². The summed E-state index contributed by atoms with van der Waals surface area (Å²) in [5.74, 6) is 6.72. The second kappa shape index (κ2) is 7.49. The van der Waals surface area contributed by atoms with E-state index in [1.165, 1.54) is 57.8 Å². The fourth-order valence-corrected chi connectivity index (χ4v) is 15.3. The van der Waals surface area contributed by atoms with Crippen molar-refractivity contribution in [3.8, 4) is 0 Å². The van der Waals surface area contributed by atoms with E-state index in [0.717, 1.165) is 35.5 Å². The highest BCUT2D eigenvalue weighted by Crippen LogP contribution is 2.82. The Morgan fingerprint density at radius 1 is 0.939 bits per heavy atom. The third-order valence-corrected chi connectivity index (χ3v) is 19.0. The molecule has 0 radical (unpaired) electrons. The van der Waals surface area contributed by atoms with Gasteiger partial charge in [-0.05, 0) is 110 Å². The van der Waals surface area contributed by atoms with Gasteiger partial charge in [-0.25, -0.2) is 0 Å². The predicted octanol–water partition coefficient (Wildman–Crippen LogP) is 9.20. The molecule has 6 saturated carbocycles. The van der Waals surface area contributed by atoms with E-state index in [-0.39, 0.29) is 7.56 Å². The van der Waals surface area contributed by atoms with Crippen molar-refractivity contribution in [3.63, 3.8) is 0 Å². The summed E-state index contributed by atoms with van der Waals surface area (Å²) in [6.45, 7) is 12.7. The van der Waals surface area contributed by atoms with Crippen LogP contribution < -0.4 is 0 Å². The summed E-state index contributed by atoms with van der Waals surface area (Å²) < 4.78 is 6.58. The van der Waals surface area contributed by atoms with Gasteiger partial charge in [-0.15, -0.1) is 0 Å². The maximum Gasteiger partial charge on any atom is 0.101 e. The monoisotopic (exact) mass is 646 g/mol. The largest absolute Gasteiger partial charge is 0.381 e. The number of fused-ring (bicyclic) bond motifs is 4. The van der Waals surface area contributed by atoms with E-state index >= 15 is 0 Å². The van der Waals surface area contributed by atoms with Crippen LogP contribution in [0.2, 0.25) is 0 Å².